The second-order valence-electron chi connectivity index (χ2n) is 7.60. The number of nitrogens with one attached hydrogen (secondary N) is 1. The first-order valence-electron chi connectivity index (χ1n) is 10.2. The third-order valence-corrected chi connectivity index (χ3v) is 6.40. The number of halogens is 3. The average Bonchev–Trinajstić information content (AvgIpc) is 3.47. The van der Waals surface area contributed by atoms with Crippen molar-refractivity contribution in [2.24, 2.45) is 12.8 Å². The first kappa shape index (κ1) is 24.8. The maximum absolute atomic E-state index is 13.7. The van der Waals surface area contributed by atoms with Crippen molar-refractivity contribution in [3.05, 3.63) is 50.5 Å². The molecule has 0 bridgehead atoms. The van der Waals surface area contributed by atoms with Gasteiger partial charge in [-0.25, -0.2) is 4.98 Å². The Labute approximate surface area is 203 Å². The molecular weight excluding hydrogens is 505 g/mol. The van der Waals surface area contributed by atoms with Gasteiger partial charge in [0, 0.05) is 30.7 Å². The van der Waals surface area contributed by atoms with Crippen molar-refractivity contribution in [3.63, 3.8) is 0 Å². The SMILES string of the molecule is CCn1cc(-c2cc(C(F)(F)F)nc3sc(C(N)=O)c(NC(=O)c4c([N+](=O)[O-])cnn4C)c23)c(C)n1. The summed E-state index contributed by atoms with van der Waals surface area (Å²) in [5.41, 5.74) is 3.70. The summed E-state index contributed by atoms with van der Waals surface area (Å²) in [4.78, 5) is 39.0. The van der Waals surface area contributed by atoms with E-state index in [0.29, 0.717) is 29.1 Å². The molecule has 0 fully saturated rings. The molecule has 12 nitrogen and oxygen atoms in total. The van der Waals surface area contributed by atoms with E-state index in [2.05, 4.69) is 20.5 Å². The van der Waals surface area contributed by atoms with Gasteiger partial charge in [0.1, 0.15) is 21.6 Å². The number of carbonyl (C=O) groups excluding carboxylic acids is 2. The fourth-order valence-electron chi connectivity index (χ4n) is 3.69. The Morgan fingerprint density at radius 1 is 1.31 bits per heavy atom. The molecule has 4 aromatic heterocycles. The zero-order chi connectivity index (χ0) is 26.5. The molecule has 0 aliphatic rings. The number of carbonyl (C=O) groups is 2. The van der Waals surface area contributed by atoms with Crippen LogP contribution in [-0.2, 0) is 19.8 Å². The highest BCUT2D eigenvalue weighted by Crippen LogP contribution is 2.44. The van der Waals surface area contributed by atoms with Crippen LogP contribution in [0.15, 0.2) is 18.5 Å². The summed E-state index contributed by atoms with van der Waals surface area (Å²) in [5.74, 6) is -2.05. The lowest BCUT2D eigenvalue weighted by Gasteiger charge is -2.12. The van der Waals surface area contributed by atoms with E-state index in [4.69, 9.17) is 5.73 Å². The summed E-state index contributed by atoms with van der Waals surface area (Å²) in [7, 11) is 1.30. The first-order chi connectivity index (χ1) is 16.8. The Bertz CT molecular complexity index is 1550. The van der Waals surface area contributed by atoms with E-state index in [9.17, 15) is 32.9 Å². The highest BCUT2D eigenvalue weighted by atomic mass is 32.1. The number of hydrogen-bond donors (Lipinski definition) is 2. The average molecular weight is 522 g/mol. The van der Waals surface area contributed by atoms with Crippen LogP contribution in [0.3, 0.4) is 0 Å². The summed E-state index contributed by atoms with van der Waals surface area (Å²) >= 11 is 0.560. The normalized spacial score (nSPS) is 11.7. The number of anilines is 1. The molecule has 2 amide bonds. The first-order valence-corrected chi connectivity index (χ1v) is 11.0. The summed E-state index contributed by atoms with van der Waals surface area (Å²) in [6, 6.07) is 0.798. The monoisotopic (exact) mass is 522 g/mol. The Morgan fingerprint density at radius 2 is 2.00 bits per heavy atom. The molecule has 0 saturated heterocycles. The Hall–Kier alpha value is -4.34. The van der Waals surface area contributed by atoms with Gasteiger partial charge in [-0.05, 0) is 25.5 Å². The van der Waals surface area contributed by atoms with Crippen LogP contribution < -0.4 is 11.1 Å². The highest BCUT2D eigenvalue weighted by Gasteiger charge is 2.36. The molecule has 4 aromatic rings. The molecule has 4 rings (SSSR count). The number of primary amides is 1. The number of aromatic nitrogens is 5. The fourth-order valence-corrected chi connectivity index (χ4v) is 4.70. The summed E-state index contributed by atoms with van der Waals surface area (Å²) in [5, 5.41) is 21.8. The third kappa shape index (κ3) is 4.15. The van der Waals surface area contributed by atoms with Gasteiger partial charge in [-0.1, -0.05) is 0 Å². The fraction of sp³-hybridized carbons (Fsp3) is 0.250. The smallest absolute Gasteiger partial charge is 0.365 e. The molecule has 16 heteroatoms. The number of nitro groups is 1. The molecule has 0 aliphatic heterocycles. The minimum Gasteiger partial charge on any atom is -0.365 e. The molecule has 0 aliphatic carbocycles. The number of hydrogen-bond acceptors (Lipinski definition) is 8. The van der Waals surface area contributed by atoms with Gasteiger partial charge in [0.2, 0.25) is 5.69 Å². The molecule has 0 spiro atoms. The van der Waals surface area contributed by atoms with E-state index in [1.165, 1.54) is 17.9 Å². The van der Waals surface area contributed by atoms with Crippen molar-refractivity contribution in [2.45, 2.75) is 26.6 Å². The molecule has 188 valence electrons. The highest BCUT2D eigenvalue weighted by molar-refractivity contribution is 7.21. The minimum absolute atomic E-state index is 0.00285. The van der Waals surface area contributed by atoms with Gasteiger partial charge in [-0.2, -0.15) is 23.4 Å². The van der Waals surface area contributed by atoms with E-state index < -0.39 is 40.0 Å². The van der Waals surface area contributed by atoms with Crippen LogP contribution in [-0.4, -0.2) is 41.3 Å². The Kier molecular flexibility index (Phi) is 5.99. The van der Waals surface area contributed by atoms with Crippen molar-refractivity contribution >= 4 is 44.7 Å². The zero-order valence-corrected chi connectivity index (χ0v) is 19.7. The number of nitrogens with zero attached hydrogens (tertiary/aromatic N) is 6. The minimum atomic E-state index is -4.81. The Morgan fingerprint density at radius 3 is 2.56 bits per heavy atom. The quantitative estimate of drug-likeness (QED) is 0.289. The van der Waals surface area contributed by atoms with Crippen molar-refractivity contribution in [1.29, 1.82) is 0 Å². The van der Waals surface area contributed by atoms with E-state index in [1.807, 2.05) is 0 Å². The van der Waals surface area contributed by atoms with Gasteiger partial charge >= 0.3 is 11.9 Å². The molecule has 0 aromatic carbocycles. The lowest BCUT2D eigenvalue weighted by molar-refractivity contribution is -0.385. The van der Waals surface area contributed by atoms with Gasteiger partial charge in [0.05, 0.1) is 16.3 Å². The van der Waals surface area contributed by atoms with Crippen LogP contribution in [0.4, 0.5) is 24.5 Å². The summed E-state index contributed by atoms with van der Waals surface area (Å²) in [6.45, 7) is 3.83. The Balaban J connectivity index is 2.02. The van der Waals surface area contributed by atoms with Crippen molar-refractivity contribution < 1.29 is 27.7 Å². The molecule has 0 radical (unpaired) electrons. The molecule has 4 heterocycles. The molecule has 0 atom stereocenters. The van der Waals surface area contributed by atoms with Crippen LogP contribution in [0.25, 0.3) is 21.3 Å². The van der Waals surface area contributed by atoms with E-state index in [0.717, 1.165) is 16.9 Å². The van der Waals surface area contributed by atoms with Crippen LogP contribution in [0.5, 0.6) is 0 Å². The molecule has 36 heavy (non-hydrogen) atoms. The number of aryl methyl sites for hydroxylation is 3. The number of nitrogens with two attached hydrogens (primary N) is 1. The zero-order valence-electron chi connectivity index (χ0n) is 18.9. The molecule has 3 N–H and O–H groups in total. The van der Waals surface area contributed by atoms with Gasteiger partial charge < -0.3 is 11.1 Å². The second-order valence-corrected chi connectivity index (χ2v) is 8.60. The summed E-state index contributed by atoms with van der Waals surface area (Å²) in [6.07, 6.45) is -2.41. The maximum atomic E-state index is 13.7. The standard InChI is InChI=1S/C20H17F3N8O4S/c1-4-30-7-10(8(2)28-30)9-5-12(20(21,22)23)26-19-13(9)14(16(36-19)17(24)32)27-18(33)15-11(31(34)35)6-25-29(15)3/h5-7H,4H2,1-3H3,(H2,24,32)(H,27,33). The molecular formula is C20H17F3N8O4S. The van der Waals surface area contributed by atoms with Crippen molar-refractivity contribution in [3.8, 4) is 11.1 Å². The van der Waals surface area contributed by atoms with Gasteiger partial charge in [0.25, 0.3) is 11.8 Å². The molecule has 0 unspecified atom stereocenters. The predicted octanol–water partition coefficient (Wildman–Crippen LogP) is 3.50. The number of amides is 2. The van der Waals surface area contributed by atoms with Crippen molar-refractivity contribution in [1.82, 2.24) is 24.5 Å². The predicted molar refractivity (Wildman–Crippen MR) is 123 cm³/mol. The van der Waals surface area contributed by atoms with Gasteiger partial charge in [0.15, 0.2) is 0 Å². The van der Waals surface area contributed by atoms with E-state index >= 15 is 0 Å². The third-order valence-electron chi connectivity index (χ3n) is 5.31. The number of thiophene rings is 1. The second kappa shape index (κ2) is 8.71. The van der Waals surface area contributed by atoms with Crippen LogP contribution in [0, 0.1) is 17.0 Å². The van der Waals surface area contributed by atoms with Gasteiger partial charge in [-0.15, -0.1) is 11.3 Å². The lowest BCUT2D eigenvalue weighted by atomic mass is 10.0. The topological polar surface area (TPSA) is 164 Å². The number of rotatable bonds is 6. The summed E-state index contributed by atoms with van der Waals surface area (Å²) < 4.78 is 43.6. The van der Waals surface area contributed by atoms with Crippen LogP contribution in [0.1, 0.15) is 38.5 Å². The van der Waals surface area contributed by atoms with E-state index in [1.54, 1.807) is 13.8 Å². The largest absolute Gasteiger partial charge is 0.433 e. The van der Waals surface area contributed by atoms with Crippen LogP contribution >= 0.6 is 11.3 Å². The maximum Gasteiger partial charge on any atom is 0.433 e. The number of fused-ring (bicyclic) bond motifs is 1. The van der Waals surface area contributed by atoms with Gasteiger partial charge in [-0.3, -0.25) is 29.1 Å². The number of pyridine rings is 1. The molecule has 0 saturated carbocycles. The lowest BCUT2D eigenvalue weighted by Crippen LogP contribution is -2.20. The van der Waals surface area contributed by atoms with Crippen molar-refractivity contribution in [2.75, 3.05) is 5.32 Å². The van der Waals surface area contributed by atoms with E-state index in [-0.39, 0.29) is 26.3 Å². The number of alkyl halides is 3. The van der Waals surface area contributed by atoms with Crippen LogP contribution in [0.2, 0.25) is 0 Å².